The molecule has 4 heterocycles. The lowest BCUT2D eigenvalue weighted by Gasteiger charge is -2.45. The fourth-order valence-electron chi connectivity index (χ4n) is 3.77. The molecule has 8 heteroatoms. The molecule has 2 aromatic heterocycles. The first-order chi connectivity index (χ1) is 12.5. The molecule has 2 aliphatic rings. The number of carbonyl (C=O) groups excluding carboxylic acids is 1. The number of carbonyl (C=O) groups is 1. The molecule has 0 saturated carbocycles. The Hall–Kier alpha value is -2.48. The van der Waals surface area contributed by atoms with Crippen LogP contribution < -0.4 is 4.90 Å². The number of amides is 1. The van der Waals surface area contributed by atoms with E-state index in [0.29, 0.717) is 6.54 Å². The average Bonchev–Trinajstić information content (AvgIpc) is 3.12. The van der Waals surface area contributed by atoms with Crippen LogP contribution in [0.4, 0.5) is 5.95 Å². The second-order valence-corrected chi connectivity index (χ2v) is 7.28. The van der Waals surface area contributed by atoms with E-state index in [4.69, 9.17) is 4.74 Å². The summed E-state index contributed by atoms with van der Waals surface area (Å²) in [7, 11) is 3.53. The summed E-state index contributed by atoms with van der Waals surface area (Å²) in [5.74, 6) is 1.66. The summed E-state index contributed by atoms with van der Waals surface area (Å²) in [6.07, 6.45) is 8.42. The van der Waals surface area contributed by atoms with Gasteiger partial charge < -0.3 is 19.1 Å². The number of fused-ring (bicyclic) bond motifs is 2. The summed E-state index contributed by atoms with van der Waals surface area (Å²) in [4.78, 5) is 29.7. The smallest absolute Gasteiger partial charge is 0.253 e. The maximum Gasteiger partial charge on any atom is 0.253 e. The number of piperidine rings is 1. The first-order valence-corrected chi connectivity index (χ1v) is 8.93. The predicted molar refractivity (Wildman–Crippen MR) is 95.7 cm³/mol. The van der Waals surface area contributed by atoms with Crippen molar-refractivity contribution in [2.45, 2.75) is 38.0 Å². The molecule has 0 bridgehead atoms. The number of ether oxygens (including phenoxy) is 1. The predicted octanol–water partition coefficient (Wildman–Crippen LogP) is 0.964. The first-order valence-electron chi connectivity index (χ1n) is 8.93. The molecule has 0 N–H and O–H groups in total. The Morgan fingerprint density at radius 1 is 1.23 bits per heavy atom. The van der Waals surface area contributed by atoms with Crippen molar-refractivity contribution in [3.05, 3.63) is 36.2 Å². The molecule has 1 spiro atoms. The van der Waals surface area contributed by atoms with Gasteiger partial charge >= 0.3 is 0 Å². The fourth-order valence-corrected chi connectivity index (χ4v) is 3.77. The molecule has 138 valence electrons. The van der Waals surface area contributed by atoms with Crippen molar-refractivity contribution < 1.29 is 9.53 Å². The van der Waals surface area contributed by atoms with Gasteiger partial charge in [-0.15, -0.1) is 0 Å². The zero-order chi connectivity index (χ0) is 18.3. The van der Waals surface area contributed by atoms with Gasteiger partial charge in [0.05, 0.1) is 6.54 Å². The maximum atomic E-state index is 12.5. The van der Waals surface area contributed by atoms with Crippen LogP contribution in [0.3, 0.4) is 0 Å². The average molecular weight is 356 g/mol. The number of aryl methyl sites for hydroxylation is 1. The molecule has 8 nitrogen and oxygen atoms in total. The van der Waals surface area contributed by atoms with Crippen molar-refractivity contribution in [3.8, 4) is 0 Å². The van der Waals surface area contributed by atoms with E-state index in [9.17, 15) is 4.79 Å². The molecule has 4 rings (SSSR count). The molecule has 0 radical (unpaired) electrons. The van der Waals surface area contributed by atoms with Crippen molar-refractivity contribution in [1.29, 1.82) is 0 Å². The van der Waals surface area contributed by atoms with E-state index in [1.54, 1.807) is 25.2 Å². The van der Waals surface area contributed by atoms with E-state index >= 15 is 0 Å². The van der Waals surface area contributed by atoms with Gasteiger partial charge in [-0.2, -0.15) is 0 Å². The fraction of sp³-hybridized carbons (Fsp3) is 0.556. The Kier molecular flexibility index (Phi) is 4.14. The van der Waals surface area contributed by atoms with Crippen LogP contribution in [0.2, 0.25) is 0 Å². The van der Waals surface area contributed by atoms with Crippen LogP contribution >= 0.6 is 0 Å². The van der Waals surface area contributed by atoms with E-state index in [1.807, 2.05) is 25.5 Å². The molecule has 1 saturated heterocycles. The maximum absolute atomic E-state index is 12.5. The second-order valence-electron chi connectivity index (χ2n) is 7.28. The molecular formula is C18H24N6O2. The number of hydrogen-bond donors (Lipinski definition) is 0. The Bertz CT molecular complexity index is 792. The van der Waals surface area contributed by atoms with Crippen LogP contribution in [-0.4, -0.2) is 63.6 Å². The van der Waals surface area contributed by atoms with Crippen molar-refractivity contribution in [1.82, 2.24) is 24.4 Å². The first kappa shape index (κ1) is 17.0. The minimum absolute atomic E-state index is 0.00646. The van der Waals surface area contributed by atoms with Crippen LogP contribution in [0.15, 0.2) is 24.8 Å². The molecule has 26 heavy (non-hydrogen) atoms. The minimum atomic E-state index is -0.528. The molecule has 1 amide bonds. The number of likely N-dealkylation sites (N-methyl/N-ethyl adjacent to an activating group) is 1. The van der Waals surface area contributed by atoms with Crippen LogP contribution in [0.5, 0.6) is 0 Å². The largest absolute Gasteiger partial charge is 0.352 e. The number of rotatable bonds is 2. The van der Waals surface area contributed by atoms with E-state index in [2.05, 4.69) is 24.4 Å². The Balaban J connectivity index is 1.56. The summed E-state index contributed by atoms with van der Waals surface area (Å²) in [5, 5.41) is 0. The summed E-state index contributed by atoms with van der Waals surface area (Å²) < 4.78 is 8.45. The van der Waals surface area contributed by atoms with Gasteiger partial charge in [0.1, 0.15) is 11.4 Å². The number of nitrogens with zero attached hydrogens (tertiary/aromatic N) is 6. The van der Waals surface area contributed by atoms with Crippen LogP contribution in [-0.2, 0) is 21.7 Å². The highest BCUT2D eigenvalue weighted by Gasteiger charge is 2.47. The summed E-state index contributed by atoms with van der Waals surface area (Å²) in [5.41, 5.74) is 0.518. The second kappa shape index (κ2) is 6.35. The zero-order valence-electron chi connectivity index (χ0n) is 15.4. The van der Waals surface area contributed by atoms with Gasteiger partial charge in [0.25, 0.3) is 5.91 Å². The van der Waals surface area contributed by atoms with Gasteiger partial charge in [0, 0.05) is 64.8 Å². The molecule has 1 atom stereocenters. The molecular weight excluding hydrogens is 332 g/mol. The Morgan fingerprint density at radius 2 is 1.92 bits per heavy atom. The topological polar surface area (TPSA) is 76.4 Å². The molecule has 2 aliphatic heterocycles. The lowest BCUT2D eigenvalue weighted by molar-refractivity contribution is -0.173. The summed E-state index contributed by atoms with van der Waals surface area (Å²) in [6, 6.07) is 0. The van der Waals surface area contributed by atoms with Crippen molar-refractivity contribution >= 4 is 11.9 Å². The van der Waals surface area contributed by atoms with Gasteiger partial charge in [-0.1, -0.05) is 0 Å². The number of imidazole rings is 1. The number of hydrogen-bond acceptors (Lipinski definition) is 6. The molecule has 1 unspecified atom stereocenters. The van der Waals surface area contributed by atoms with Gasteiger partial charge in [0.15, 0.2) is 6.10 Å². The summed E-state index contributed by atoms with van der Waals surface area (Å²) >= 11 is 0. The lowest BCUT2D eigenvalue weighted by Crippen LogP contribution is -2.54. The third-order valence-corrected chi connectivity index (χ3v) is 5.19. The number of aromatic nitrogens is 4. The van der Waals surface area contributed by atoms with Crippen molar-refractivity contribution in [3.63, 3.8) is 0 Å². The Morgan fingerprint density at radius 3 is 2.58 bits per heavy atom. The standard InChI is InChI=1S/C18H24N6O2/c1-13-10-20-17(21-11-13)23-7-4-18(5-8-23)16-19-6-9-24(16)12-14(26-18)15(25)22(2)3/h6,9-11,14H,4-5,7-8,12H2,1-3H3. The van der Waals surface area contributed by atoms with E-state index in [-0.39, 0.29) is 5.91 Å². The van der Waals surface area contributed by atoms with Crippen molar-refractivity contribution in [2.75, 3.05) is 32.1 Å². The lowest BCUT2D eigenvalue weighted by atomic mass is 9.88. The van der Waals surface area contributed by atoms with Gasteiger partial charge in [-0.05, 0) is 12.5 Å². The summed E-state index contributed by atoms with van der Waals surface area (Å²) in [6.45, 7) is 4.02. The SMILES string of the molecule is Cc1cnc(N2CCC3(CC2)OC(C(=O)N(C)C)Cn2ccnc23)nc1. The van der Waals surface area contributed by atoms with E-state index < -0.39 is 11.7 Å². The van der Waals surface area contributed by atoms with Crippen molar-refractivity contribution in [2.24, 2.45) is 0 Å². The number of anilines is 1. The molecule has 1 fully saturated rings. The Labute approximate surface area is 152 Å². The highest BCUT2D eigenvalue weighted by Crippen LogP contribution is 2.40. The van der Waals surface area contributed by atoms with Crippen LogP contribution in [0, 0.1) is 6.92 Å². The van der Waals surface area contributed by atoms with Gasteiger partial charge in [0.2, 0.25) is 5.95 Å². The molecule has 0 aliphatic carbocycles. The van der Waals surface area contributed by atoms with E-state index in [0.717, 1.165) is 43.3 Å². The third-order valence-electron chi connectivity index (χ3n) is 5.19. The minimum Gasteiger partial charge on any atom is -0.352 e. The van der Waals surface area contributed by atoms with Gasteiger partial charge in [-0.3, -0.25) is 4.79 Å². The quantitative estimate of drug-likeness (QED) is 0.798. The highest BCUT2D eigenvalue weighted by atomic mass is 16.5. The van der Waals surface area contributed by atoms with Gasteiger partial charge in [-0.25, -0.2) is 15.0 Å². The highest BCUT2D eigenvalue weighted by molar-refractivity contribution is 5.80. The monoisotopic (exact) mass is 356 g/mol. The zero-order valence-corrected chi connectivity index (χ0v) is 15.4. The van der Waals surface area contributed by atoms with E-state index in [1.165, 1.54) is 0 Å². The molecule has 0 aromatic carbocycles. The normalized spacial score (nSPS) is 21.5. The third kappa shape index (κ3) is 2.84. The molecule has 2 aromatic rings. The van der Waals surface area contributed by atoms with Crippen LogP contribution in [0.1, 0.15) is 24.2 Å². The van der Waals surface area contributed by atoms with Crippen LogP contribution in [0.25, 0.3) is 0 Å².